The van der Waals surface area contributed by atoms with Crippen LogP contribution in [0.3, 0.4) is 0 Å². The van der Waals surface area contributed by atoms with Crippen LogP contribution in [0.5, 0.6) is 0 Å². The maximum atomic E-state index is 11.7. The number of nitrogens with zero attached hydrogens (tertiary/aromatic N) is 3. The Morgan fingerprint density at radius 2 is 2.18 bits per heavy atom. The van der Waals surface area contributed by atoms with Gasteiger partial charge in [0.1, 0.15) is 5.54 Å². The number of carbonyl (C=O) groups is 2. The number of rotatable bonds is 3. The number of hydrogen-bond acceptors (Lipinski definition) is 3. The van der Waals surface area contributed by atoms with Crippen molar-refractivity contribution in [2.45, 2.75) is 32.4 Å². The summed E-state index contributed by atoms with van der Waals surface area (Å²) in [5.41, 5.74) is 0.157. The van der Waals surface area contributed by atoms with Crippen molar-refractivity contribution in [3.05, 3.63) is 18.0 Å². The average molecular weight is 236 g/mol. The van der Waals surface area contributed by atoms with Crippen molar-refractivity contribution in [3.8, 4) is 0 Å². The minimum absolute atomic E-state index is 0.228. The topological polar surface area (TPSA) is 67.2 Å². The molecule has 17 heavy (non-hydrogen) atoms. The maximum Gasteiger partial charge on any atom is 0.325 e. The van der Waals surface area contributed by atoms with E-state index in [9.17, 15) is 9.59 Å². The molecule has 0 aromatic carbocycles. The van der Waals surface area contributed by atoms with Crippen LogP contribution in [-0.2, 0) is 18.4 Å². The summed E-state index contributed by atoms with van der Waals surface area (Å²) in [6, 6.07) is -0.330. The fourth-order valence-corrected chi connectivity index (χ4v) is 1.98. The van der Waals surface area contributed by atoms with E-state index < -0.39 is 5.54 Å². The standard InChI is InChI=1S/C11H16N4O2/c1-4-11(2)9(16)13-10(17)15(11)7-8-5-12-14(3)6-8/h5-6H,4,7H2,1-3H3,(H,13,16,17). The van der Waals surface area contributed by atoms with Gasteiger partial charge in [0, 0.05) is 18.8 Å². The van der Waals surface area contributed by atoms with Crippen molar-refractivity contribution >= 4 is 11.9 Å². The number of amides is 3. The highest BCUT2D eigenvalue weighted by molar-refractivity contribution is 6.06. The van der Waals surface area contributed by atoms with Gasteiger partial charge in [0.05, 0.1) is 12.7 Å². The second-order valence-electron chi connectivity index (χ2n) is 4.50. The number of aromatic nitrogens is 2. The molecule has 1 aliphatic rings. The summed E-state index contributed by atoms with van der Waals surface area (Å²) in [4.78, 5) is 25.0. The van der Waals surface area contributed by atoms with Gasteiger partial charge in [-0.15, -0.1) is 0 Å². The van der Waals surface area contributed by atoms with Gasteiger partial charge in [-0.2, -0.15) is 5.10 Å². The molecular formula is C11H16N4O2. The Kier molecular flexibility index (Phi) is 2.65. The molecule has 0 saturated carbocycles. The summed E-state index contributed by atoms with van der Waals surface area (Å²) in [5.74, 6) is -0.228. The lowest BCUT2D eigenvalue weighted by Crippen LogP contribution is -2.45. The Labute approximate surface area is 99.6 Å². The molecule has 6 nitrogen and oxygen atoms in total. The predicted molar refractivity (Wildman–Crippen MR) is 61.0 cm³/mol. The van der Waals surface area contributed by atoms with Crippen molar-refractivity contribution in [1.29, 1.82) is 0 Å². The smallest absolute Gasteiger partial charge is 0.306 e. The second kappa shape index (κ2) is 3.87. The normalized spacial score (nSPS) is 24.3. The van der Waals surface area contributed by atoms with Gasteiger partial charge < -0.3 is 4.90 Å². The summed E-state index contributed by atoms with van der Waals surface area (Å²) in [6.45, 7) is 4.08. The zero-order valence-electron chi connectivity index (χ0n) is 10.2. The molecule has 0 spiro atoms. The van der Waals surface area contributed by atoms with Gasteiger partial charge in [0.15, 0.2) is 0 Å². The third kappa shape index (κ3) is 1.79. The van der Waals surface area contributed by atoms with Crippen LogP contribution in [0.2, 0.25) is 0 Å². The van der Waals surface area contributed by atoms with Crippen LogP contribution >= 0.6 is 0 Å². The zero-order valence-corrected chi connectivity index (χ0v) is 10.2. The third-order valence-corrected chi connectivity index (χ3v) is 3.34. The van der Waals surface area contributed by atoms with E-state index in [-0.39, 0.29) is 11.9 Å². The lowest BCUT2D eigenvalue weighted by Gasteiger charge is -2.30. The number of nitrogens with one attached hydrogen (secondary N) is 1. The van der Waals surface area contributed by atoms with Crippen molar-refractivity contribution in [2.75, 3.05) is 0 Å². The average Bonchev–Trinajstić information content (AvgIpc) is 2.77. The number of aryl methyl sites for hydroxylation is 1. The summed E-state index contributed by atoms with van der Waals surface area (Å²) in [5, 5.41) is 6.41. The van der Waals surface area contributed by atoms with E-state index in [4.69, 9.17) is 0 Å². The number of imide groups is 1. The molecule has 2 heterocycles. The molecule has 1 atom stereocenters. The summed E-state index contributed by atoms with van der Waals surface area (Å²) in [7, 11) is 1.82. The van der Waals surface area contributed by atoms with Crippen molar-refractivity contribution in [2.24, 2.45) is 7.05 Å². The molecule has 1 fully saturated rings. The van der Waals surface area contributed by atoms with E-state index in [0.717, 1.165) is 5.56 Å². The summed E-state index contributed by atoms with van der Waals surface area (Å²) < 4.78 is 1.68. The quantitative estimate of drug-likeness (QED) is 0.783. The minimum atomic E-state index is -0.757. The third-order valence-electron chi connectivity index (χ3n) is 3.34. The Morgan fingerprint density at radius 3 is 2.71 bits per heavy atom. The molecule has 1 aliphatic heterocycles. The molecule has 0 aliphatic carbocycles. The molecule has 1 aromatic rings. The molecule has 1 aromatic heterocycles. The van der Waals surface area contributed by atoms with E-state index in [2.05, 4.69) is 10.4 Å². The van der Waals surface area contributed by atoms with E-state index in [1.165, 1.54) is 0 Å². The second-order valence-corrected chi connectivity index (χ2v) is 4.50. The molecule has 0 radical (unpaired) electrons. The number of urea groups is 1. The fraction of sp³-hybridized carbons (Fsp3) is 0.545. The number of hydrogen-bond donors (Lipinski definition) is 1. The first-order valence-corrected chi connectivity index (χ1v) is 5.58. The Balaban J connectivity index is 2.24. The van der Waals surface area contributed by atoms with Gasteiger partial charge >= 0.3 is 6.03 Å². The van der Waals surface area contributed by atoms with Crippen molar-refractivity contribution in [3.63, 3.8) is 0 Å². The van der Waals surface area contributed by atoms with Gasteiger partial charge in [0.2, 0.25) is 0 Å². The van der Waals surface area contributed by atoms with Gasteiger partial charge in [-0.1, -0.05) is 6.92 Å². The van der Waals surface area contributed by atoms with E-state index in [1.54, 1.807) is 22.7 Å². The van der Waals surface area contributed by atoms with Gasteiger partial charge in [-0.25, -0.2) is 4.79 Å². The molecule has 3 amide bonds. The van der Waals surface area contributed by atoms with Crippen molar-refractivity contribution in [1.82, 2.24) is 20.0 Å². The molecule has 2 rings (SSSR count). The Morgan fingerprint density at radius 1 is 1.47 bits per heavy atom. The predicted octanol–water partition coefficient (Wildman–Crippen LogP) is 0.641. The van der Waals surface area contributed by atoms with Gasteiger partial charge in [-0.3, -0.25) is 14.8 Å². The van der Waals surface area contributed by atoms with E-state index >= 15 is 0 Å². The van der Waals surface area contributed by atoms with Crippen LogP contribution in [0, 0.1) is 0 Å². The molecule has 92 valence electrons. The largest absolute Gasteiger partial charge is 0.325 e. The SMILES string of the molecule is CCC1(C)C(=O)NC(=O)N1Cc1cnn(C)c1. The number of carbonyl (C=O) groups excluding carboxylic acids is 2. The molecule has 6 heteroatoms. The maximum absolute atomic E-state index is 11.7. The van der Waals surface area contributed by atoms with Crippen LogP contribution in [0.4, 0.5) is 4.79 Å². The van der Waals surface area contributed by atoms with Crippen LogP contribution in [0.15, 0.2) is 12.4 Å². The lowest BCUT2D eigenvalue weighted by molar-refractivity contribution is -0.126. The van der Waals surface area contributed by atoms with Crippen LogP contribution in [0.1, 0.15) is 25.8 Å². The summed E-state index contributed by atoms with van der Waals surface area (Å²) >= 11 is 0. The Bertz CT molecular complexity index is 468. The molecule has 1 unspecified atom stereocenters. The zero-order chi connectivity index (χ0) is 12.6. The monoisotopic (exact) mass is 236 g/mol. The van der Waals surface area contributed by atoms with Gasteiger partial charge in [-0.05, 0) is 13.3 Å². The highest BCUT2D eigenvalue weighted by atomic mass is 16.2. The molecule has 0 bridgehead atoms. The van der Waals surface area contributed by atoms with E-state index in [1.807, 2.05) is 20.2 Å². The highest BCUT2D eigenvalue weighted by Crippen LogP contribution is 2.26. The molecule has 1 saturated heterocycles. The first-order valence-electron chi connectivity index (χ1n) is 5.58. The first-order chi connectivity index (χ1) is 7.97. The molecular weight excluding hydrogens is 220 g/mol. The van der Waals surface area contributed by atoms with Crippen LogP contribution in [0.25, 0.3) is 0 Å². The summed E-state index contributed by atoms with van der Waals surface area (Å²) in [6.07, 6.45) is 4.13. The first kappa shape index (κ1) is 11.6. The lowest BCUT2D eigenvalue weighted by atomic mass is 9.97. The Hall–Kier alpha value is -1.85. The fourth-order valence-electron chi connectivity index (χ4n) is 1.98. The van der Waals surface area contributed by atoms with Gasteiger partial charge in [0.25, 0.3) is 5.91 Å². The van der Waals surface area contributed by atoms with Crippen molar-refractivity contribution < 1.29 is 9.59 Å². The highest BCUT2D eigenvalue weighted by Gasteiger charge is 2.47. The van der Waals surface area contributed by atoms with E-state index in [0.29, 0.717) is 13.0 Å². The van der Waals surface area contributed by atoms with Crippen LogP contribution in [-0.4, -0.2) is 32.2 Å². The minimum Gasteiger partial charge on any atom is -0.306 e. The molecule has 1 N–H and O–H groups in total. The van der Waals surface area contributed by atoms with Crippen LogP contribution < -0.4 is 5.32 Å².